The van der Waals surface area contributed by atoms with Crippen LogP contribution >= 0.6 is 0 Å². The van der Waals surface area contributed by atoms with Gasteiger partial charge >= 0.3 is 0 Å². The van der Waals surface area contributed by atoms with Crippen molar-refractivity contribution in [1.82, 2.24) is 14.9 Å². The molecule has 0 saturated carbocycles. The summed E-state index contributed by atoms with van der Waals surface area (Å²) in [5, 5.41) is 0.828. The van der Waals surface area contributed by atoms with Crippen LogP contribution in [0.25, 0.3) is 11.0 Å². The van der Waals surface area contributed by atoms with E-state index in [1.807, 2.05) is 6.07 Å². The van der Waals surface area contributed by atoms with Crippen LogP contribution in [0, 0.1) is 0 Å². The largest absolute Gasteiger partial charge is 0.497 e. The molecule has 27 heavy (non-hydrogen) atoms. The summed E-state index contributed by atoms with van der Waals surface area (Å²) in [4.78, 5) is 22.7. The second-order valence-corrected chi connectivity index (χ2v) is 6.16. The van der Waals surface area contributed by atoms with E-state index in [-0.39, 0.29) is 12.0 Å². The fourth-order valence-corrected chi connectivity index (χ4v) is 3.11. The third-order valence-corrected chi connectivity index (χ3v) is 4.47. The number of furan rings is 1. The Morgan fingerprint density at radius 1 is 1.15 bits per heavy atom. The van der Waals surface area contributed by atoms with Gasteiger partial charge in [-0.1, -0.05) is 0 Å². The van der Waals surface area contributed by atoms with Crippen LogP contribution in [0.1, 0.15) is 17.0 Å². The average molecular weight is 369 g/mol. The molecule has 1 atom stereocenters. The highest BCUT2D eigenvalue weighted by Crippen LogP contribution is 2.27. The van der Waals surface area contributed by atoms with Crippen LogP contribution in [0.4, 0.5) is 0 Å². The topological polar surface area (TPSA) is 86.9 Å². The van der Waals surface area contributed by atoms with Crippen LogP contribution in [0.2, 0.25) is 0 Å². The predicted molar refractivity (Wildman–Crippen MR) is 96.3 cm³/mol. The summed E-state index contributed by atoms with van der Waals surface area (Å²) < 4.78 is 21.9. The van der Waals surface area contributed by atoms with Gasteiger partial charge in [-0.15, -0.1) is 0 Å². The zero-order valence-corrected chi connectivity index (χ0v) is 15.0. The molecule has 0 radical (unpaired) electrons. The van der Waals surface area contributed by atoms with Crippen molar-refractivity contribution in [3.8, 4) is 17.5 Å². The predicted octanol–water partition coefficient (Wildman–Crippen LogP) is 2.53. The number of fused-ring (bicyclic) bond motifs is 1. The van der Waals surface area contributed by atoms with E-state index in [2.05, 4.69) is 9.97 Å². The molecule has 1 aliphatic rings. The van der Waals surface area contributed by atoms with E-state index in [4.69, 9.17) is 18.6 Å². The minimum Gasteiger partial charge on any atom is -0.497 e. The van der Waals surface area contributed by atoms with Crippen molar-refractivity contribution in [3.63, 3.8) is 0 Å². The maximum atomic E-state index is 12.8. The monoisotopic (exact) mass is 369 g/mol. The number of rotatable bonds is 5. The Morgan fingerprint density at radius 2 is 1.96 bits per heavy atom. The minimum atomic E-state index is -0.177. The van der Waals surface area contributed by atoms with E-state index in [9.17, 15) is 4.79 Å². The van der Waals surface area contributed by atoms with Gasteiger partial charge in [-0.05, 0) is 24.3 Å². The van der Waals surface area contributed by atoms with Crippen molar-refractivity contribution < 1.29 is 23.4 Å². The van der Waals surface area contributed by atoms with Crippen LogP contribution in [-0.2, 0) is 0 Å². The van der Waals surface area contributed by atoms with Crippen molar-refractivity contribution in [2.45, 2.75) is 12.5 Å². The van der Waals surface area contributed by atoms with Crippen LogP contribution < -0.4 is 14.2 Å². The average Bonchev–Trinajstić information content (AvgIpc) is 3.34. The number of hydrogen-bond donors (Lipinski definition) is 0. The van der Waals surface area contributed by atoms with Crippen molar-refractivity contribution >= 4 is 16.9 Å². The van der Waals surface area contributed by atoms with E-state index in [0.717, 1.165) is 11.1 Å². The van der Waals surface area contributed by atoms with Crippen molar-refractivity contribution in [2.24, 2.45) is 0 Å². The third kappa shape index (κ3) is 3.38. The molecule has 0 bridgehead atoms. The minimum absolute atomic E-state index is 0.164. The molecule has 0 aliphatic carbocycles. The summed E-state index contributed by atoms with van der Waals surface area (Å²) >= 11 is 0. The second kappa shape index (κ2) is 7.14. The van der Waals surface area contributed by atoms with Crippen LogP contribution in [0.15, 0.2) is 41.1 Å². The van der Waals surface area contributed by atoms with Gasteiger partial charge < -0.3 is 23.5 Å². The molecule has 0 N–H and O–H groups in total. The highest BCUT2D eigenvalue weighted by Gasteiger charge is 2.31. The first kappa shape index (κ1) is 17.1. The molecule has 0 unspecified atom stereocenters. The third-order valence-electron chi connectivity index (χ3n) is 4.47. The van der Waals surface area contributed by atoms with Gasteiger partial charge in [0.15, 0.2) is 5.76 Å². The molecule has 1 aliphatic heterocycles. The first-order chi connectivity index (χ1) is 13.2. The normalized spacial score (nSPS) is 16.5. The first-order valence-electron chi connectivity index (χ1n) is 8.56. The number of nitrogens with zero attached hydrogens (tertiary/aromatic N) is 3. The highest BCUT2D eigenvalue weighted by atomic mass is 16.5. The van der Waals surface area contributed by atoms with Gasteiger partial charge in [0.2, 0.25) is 0 Å². The van der Waals surface area contributed by atoms with Crippen LogP contribution in [-0.4, -0.2) is 54.2 Å². The van der Waals surface area contributed by atoms with Crippen LogP contribution in [0.5, 0.6) is 17.5 Å². The maximum absolute atomic E-state index is 12.8. The molecule has 3 heterocycles. The van der Waals surface area contributed by atoms with Crippen LogP contribution in [0.3, 0.4) is 0 Å². The summed E-state index contributed by atoms with van der Waals surface area (Å²) in [6.07, 6.45) is 3.59. The molecule has 1 aromatic carbocycles. The molecule has 8 heteroatoms. The number of likely N-dealkylation sites (tertiary alicyclic amines) is 1. The second-order valence-electron chi connectivity index (χ2n) is 6.16. The van der Waals surface area contributed by atoms with E-state index < -0.39 is 0 Å². The lowest BCUT2D eigenvalue weighted by atomic mass is 10.2. The Kier molecular flexibility index (Phi) is 4.53. The van der Waals surface area contributed by atoms with Gasteiger partial charge in [0.1, 0.15) is 17.4 Å². The summed E-state index contributed by atoms with van der Waals surface area (Å²) in [5.74, 6) is 1.51. The lowest BCUT2D eigenvalue weighted by Gasteiger charge is -2.16. The molecular formula is C19H19N3O5. The zero-order valence-electron chi connectivity index (χ0n) is 15.0. The number of ether oxygens (including phenoxy) is 3. The number of methoxy groups -OCH3 is 2. The Labute approximate surface area is 155 Å². The molecular weight excluding hydrogens is 350 g/mol. The molecule has 1 fully saturated rings. The number of hydrogen-bond acceptors (Lipinski definition) is 7. The summed E-state index contributed by atoms with van der Waals surface area (Å²) in [6, 6.07) is 7.17. The van der Waals surface area contributed by atoms with Gasteiger partial charge in [0, 0.05) is 30.7 Å². The molecule has 1 amide bonds. The van der Waals surface area contributed by atoms with Crippen molar-refractivity contribution in [1.29, 1.82) is 0 Å². The summed E-state index contributed by atoms with van der Waals surface area (Å²) in [7, 11) is 3.11. The van der Waals surface area contributed by atoms with Gasteiger partial charge in [-0.2, -0.15) is 0 Å². The Bertz CT molecular complexity index is 971. The fraction of sp³-hybridized carbons (Fsp3) is 0.316. The summed E-state index contributed by atoms with van der Waals surface area (Å²) in [5.41, 5.74) is 0.649. The molecule has 140 valence electrons. The number of aromatic nitrogens is 2. The van der Waals surface area contributed by atoms with E-state index in [1.54, 1.807) is 36.4 Å². The van der Waals surface area contributed by atoms with Gasteiger partial charge in [-0.25, -0.2) is 9.97 Å². The molecule has 2 aromatic heterocycles. The number of benzene rings is 1. The lowest BCUT2D eigenvalue weighted by molar-refractivity contribution is 0.0741. The maximum Gasteiger partial charge on any atom is 0.289 e. The number of carbonyl (C=O) groups excluding carboxylic acids is 1. The Morgan fingerprint density at radius 3 is 2.74 bits per heavy atom. The van der Waals surface area contributed by atoms with Crippen molar-refractivity contribution in [2.75, 3.05) is 27.3 Å². The van der Waals surface area contributed by atoms with E-state index >= 15 is 0 Å². The van der Waals surface area contributed by atoms with Gasteiger partial charge in [-0.3, -0.25) is 4.79 Å². The zero-order chi connectivity index (χ0) is 18.8. The van der Waals surface area contributed by atoms with Crippen molar-refractivity contribution in [3.05, 3.63) is 42.4 Å². The smallest absolute Gasteiger partial charge is 0.289 e. The standard InChI is InChI=1S/C19H19N3O5/c1-24-13-3-4-15-12(9-13)10-16(27-15)19(23)22-8-5-14(11-22)26-18-17(25-2)20-6-7-21-18/h3-4,6-7,9-10,14H,5,8,11H2,1-2H3/t14-/m1/s1. The van der Waals surface area contributed by atoms with Gasteiger partial charge in [0.05, 0.1) is 20.8 Å². The Balaban J connectivity index is 1.46. The molecule has 4 rings (SSSR count). The number of amides is 1. The fourth-order valence-electron chi connectivity index (χ4n) is 3.11. The summed E-state index contributed by atoms with van der Waals surface area (Å²) in [6.45, 7) is 1.02. The quantitative estimate of drug-likeness (QED) is 0.683. The van der Waals surface area contributed by atoms with E-state index in [1.165, 1.54) is 13.3 Å². The highest BCUT2D eigenvalue weighted by molar-refractivity contribution is 5.96. The SMILES string of the molecule is COc1ccc2oc(C(=O)N3CC[C@@H](Oc4nccnc4OC)C3)cc2c1. The number of carbonyl (C=O) groups is 1. The lowest BCUT2D eigenvalue weighted by Crippen LogP contribution is -2.30. The molecule has 3 aromatic rings. The van der Waals surface area contributed by atoms with E-state index in [0.29, 0.717) is 42.6 Å². The molecule has 0 spiro atoms. The first-order valence-corrected chi connectivity index (χ1v) is 8.56. The molecule has 1 saturated heterocycles. The molecule has 8 nitrogen and oxygen atoms in total. The Hall–Kier alpha value is -3.29. The van der Waals surface area contributed by atoms with Gasteiger partial charge in [0.25, 0.3) is 17.7 Å².